The second-order valence-electron chi connectivity index (χ2n) is 6.82. The van der Waals surface area contributed by atoms with E-state index in [0.29, 0.717) is 27.9 Å². The van der Waals surface area contributed by atoms with E-state index < -0.39 is 5.69 Å². The van der Waals surface area contributed by atoms with Crippen LogP contribution in [0.15, 0.2) is 46.3 Å². The zero-order valence-electron chi connectivity index (χ0n) is 15.1. The average Bonchev–Trinajstić information content (AvgIpc) is 3.31. The van der Waals surface area contributed by atoms with Crippen LogP contribution in [-0.2, 0) is 0 Å². The standard InChI is InChI=1S/C19H16FN7O2/c20-11-2-1-3-13(7-11)22-15-8-16(23-12-4-5-12)27-17(25-15)10(9-21-27)6-14-18(28)26-19(29)24-14/h1-3,6-9,12,22,28H,4-5H2,(H2,24,26,29). The first kappa shape index (κ1) is 17.2. The van der Waals surface area contributed by atoms with Gasteiger partial charge in [0, 0.05) is 17.0 Å². The smallest absolute Gasteiger partial charge is 0.326 e. The number of imidazole rings is 1. The molecule has 146 valence electrons. The molecular formula is C19H16FN7O2. The van der Waals surface area contributed by atoms with E-state index in [1.165, 1.54) is 12.1 Å². The topological polar surface area (TPSA) is 123 Å². The minimum atomic E-state index is -0.518. The zero-order valence-corrected chi connectivity index (χ0v) is 15.1. The highest BCUT2D eigenvalue weighted by Crippen LogP contribution is 2.22. The maximum Gasteiger partial charge on any atom is 0.326 e. The third-order valence-corrected chi connectivity index (χ3v) is 4.47. The molecule has 1 fully saturated rings. The Hall–Kier alpha value is -3.95. The maximum absolute atomic E-state index is 13.5. The molecule has 4 aromatic rings. The van der Waals surface area contributed by atoms with Gasteiger partial charge in [0.25, 0.3) is 0 Å². The van der Waals surface area contributed by atoms with Gasteiger partial charge < -0.3 is 15.4 Å². The number of rotatable bonds is 4. The van der Waals surface area contributed by atoms with Crippen molar-refractivity contribution in [3.05, 3.63) is 69.2 Å². The molecule has 1 aliphatic carbocycles. The van der Waals surface area contributed by atoms with Gasteiger partial charge in [-0.05, 0) is 37.1 Å². The van der Waals surface area contributed by atoms with Crippen LogP contribution in [0.1, 0.15) is 18.5 Å². The molecule has 0 unspecified atom stereocenters. The van der Waals surface area contributed by atoms with Crippen LogP contribution in [0.2, 0.25) is 0 Å². The SMILES string of the molecule is O=c1[nH]c(O)c(C=c2cnn3c(=NC4CC4)cc(Nc4cccc(F)c4)nc23)[nH]1. The molecule has 0 amide bonds. The fraction of sp³-hybridized carbons (Fsp3) is 0.158. The average molecular weight is 393 g/mol. The van der Waals surface area contributed by atoms with E-state index in [0.717, 1.165) is 12.8 Å². The number of aromatic hydroxyl groups is 1. The Balaban J connectivity index is 1.68. The highest BCUT2D eigenvalue weighted by molar-refractivity contribution is 5.61. The Kier molecular flexibility index (Phi) is 3.90. The van der Waals surface area contributed by atoms with Gasteiger partial charge in [-0.3, -0.25) is 9.98 Å². The molecule has 0 aliphatic heterocycles. The largest absolute Gasteiger partial charge is 0.493 e. The fourth-order valence-corrected chi connectivity index (χ4v) is 2.97. The summed E-state index contributed by atoms with van der Waals surface area (Å²) in [6, 6.07) is 8.08. The number of benzene rings is 1. The summed E-state index contributed by atoms with van der Waals surface area (Å²) in [7, 11) is 0. The fourth-order valence-electron chi connectivity index (χ4n) is 2.97. The number of nitrogens with one attached hydrogen (secondary N) is 3. The molecule has 1 aliphatic rings. The number of aromatic amines is 2. The van der Waals surface area contributed by atoms with E-state index in [1.54, 1.807) is 35.0 Å². The van der Waals surface area contributed by atoms with Crippen LogP contribution in [0, 0.1) is 5.82 Å². The molecule has 1 aromatic carbocycles. The summed E-state index contributed by atoms with van der Waals surface area (Å²) in [5.74, 6) is -0.153. The van der Waals surface area contributed by atoms with Gasteiger partial charge in [-0.25, -0.2) is 14.2 Å². The van der Waals surface area contributed by atoms with E-state index in [9.17, 15) is 14.3 Å². The van der Waals surface area contributed by atoms with Crippen molar-refractivity contribution in [2.75, 3.05) is 5.32 Å². The second-order valence-corrected chi connectivity index (χ2v) is 6.82. The quantitative estimate of drug-likeness (QED) is 0.411. The first-order valence-corrected chi connectivity index (χ1v) is 9.03. The van der Waals surface area contributed by atoms with Gasteiger partial charge in [0.2, 0.25) is 5.88 Å². The number of halogens is 1. The van der Waals surface area contributed by atoms with Crippen molar-refractivity contribution >= 4 is 23.2 Å². The number of anilines is 2. The lowest BCUT2D eigenvalue weighted by atomic mass is 10.3. The summed E-state index contributed by atoms with van der Waals surface area (Å²) in [6.45, 7) is 0. The molecule has 10 heteroatoms. The number of nitrogens with zero attached hydrogens (tertiary/aromatic N) is 4. The number of fused-ring (bicyclic) bond motifs is 1. The van der Waals surface area contributed by atoms with Crippen molar-refractivity contribution in [3.8, 4) is 5.88 Å². The molecule has 1 saturated carbocycles. The van der Waals surface area contributed by atoms with Crippen molar-refractivity contribution in [1.29, 1.82) is 0 Å². The summed E-state index contributed by atoms with van der Waals surface area (Å²) in [6.07, 6.45) is 5.19. The van der Waals surface area contributed by atoms with Crippen LogP contribution >= 0.6 is 0 Å². The Labute approximate surface area is 162 Å². The van der Waals surface area contributed by atoms with Crippen molar-refractivity contribution in [1.82, 2.24) is 24.6 Å². The van der Waals surface area contributed by atoms with Crippen LogP contribution in [-0.4, -0.2) is 35.7 Å². The normalized spacial score (nSPS) is 15.3. The predicted octanol–water partition coefficient (Wildman–Crippen LogP) is 0.945. The monoisotopic (exact) mass is 393 g/mol. The Morgan fingerprint density at radius 1 is 1.31 bits per heavy atom. The van der Waals surface area contributed by atoms with Gasteiger partial charge in [0.15, 0.2) is 11.1 Å². The highest BCUT2D eigenvalue weighted by Gasteiger charge is 2.20. The third kappa shape index (κ3) is 3.47. The maximum atomic E-state index is 13.5. The molecule has 3 aromatic heterocycles. The van der Waals surface area contributed by atoms with Crippen LogP contribution in [0.3, 0.4) is 0 Å². The lowest BCUT2D eigenvalue weighted by Crippen LogP contribution is -2.19. The van der Waals surface area contributed by atoms with Gasteiger partial charge in [0.05, 0.1) is 12.2 Å². The molecule has 5 rings (SSSR count). The minimum Gasteiger partial charge on any atom is -0.493 e. The molecular weight excluding hydrogens is 377 g/mol. The Bertz CT molecular complexity index is 1400. The second kappa shape index (κ2) is 6.59. The molecule has 0 atom stereocenters. The molecule has 0 bridgehead atoms. The molecule has 3 heterocycles. The lowest BCUT2D eigenvalue weighted by molar-refractivity contribution is 0.454. The highest BCUT2D eigenvalue weighted by atomic mass is 19.1. The van der Waals surface area contributed by atoms with Crippen LogP contribution < -0.4 is 21.7 Å². The van der Waals surface area contributed by atoms with Crippen molar-refractivity contribution in [3.63, 3.8) is 0 Å². The summed E-state index contributed by atoms with van der Waals surface area (Å²) in [5.41, 5.74) is 1.35. The minimum absolute atomic E-state index is 0.218. The van der Waals surface area contributed by atoms with Crippen LogP contribution in [0.25, 0.3) is 11.7 Å². The van der Waals surface area contributed by atoms with E-state index in [1.807, 2.05) is 0 Å². The summed E-state index contributed by atoms with van der Waals surface area (Å²) < 4.78 is 15.1. The molecule has 29 heavy (non-hydrogen) atoms. The number of hydrogen-bond acceptors (Lipinski definition) is 6. The molecule has 0 spiro atoms. The molecule has 0 saturated heterocycles. The molecule has 4 N–H and O–H groups in total. The Morgan fingerprint density at radius 2 is 2.17 bits per heavy atom. The van der Waals surface area contributed by atoms with Gasteiger partial charge in [-0.1, -0.05) is 6.07 Å². The summed E-state index contributed by atoms with van der Waals surface area (Å²) >= 11 is 0. The molecule has 0 radical (unpaired) electrons. The van der Waals surface area contributed by atoms with Crippen LogP contribution in [0.5, 0.6) is 5.88 Å². The molecule has 9 nitrogen and oxygen atoms in total. The summed E-state index contributed by atoms with van der Waals surface area (Å²) in [5, 5.41) is 17.8. The zero-order chi connectivity index (χ0) is 20.0. The summed E-state index contributed by atoms with van der Waals surface area (Å²) in [4.78, 5) is 25.4. The lowest BCUT2D eigenvalue weighted by Gasteiger charge is -2.06. The van der Waals surface area contributed by atoms with Gasteiger partial charge in [0.1, 0.15) is 17.3 Å². The number of hydrogen-bond donors (Lipinski definition) is 4. The number of aromatic nitrogens is 5. The van der Waals surface area contributed by atoms with Gasteiger partial charge in [-0.15, -0.1) is 0 Å². The van der Waals surface area contributed by atoms with Crippen LogP contribution in [0.4, 0.5) is 15.9 Å². The van der Waals surface area contributed by atoms with E-state index in [4.69, 9.17) is 0 Å². The van der Waals surface area contributed by atoms with Gasteiger partial charge in [-0.2, -0.15) is 9.61 Å². The van der Waals surface area contributed by atoms with E-state index in [2.05, 4.69) is 30.4 Å². The first-order valence-electron chi connectivity index (χ1n) is 9.03. The van der Waals surface area contributed by atoms with E-state index >= 15 is 0 Å². The van der Waals surface area contributed by atoms with Gasteiger partial charge >= 0.3 is 5.69 Å². The third-order valence-electron chi connectivity index (χ3n) is 4.47. The first-order chi connectivity index (χ1) is 14.0. The Morgan fingerprint density at radius 3 is 2.90 bits per heavy atom. The predicted molar refractivity (Wildman–Crippen MR) is 103 cm³/mol. The number of H-pyrrole nitrogens is 2. The van der Waals surface area contributed by atoms with Crippen molar-refractivity contribution in [2.24, 2.45) is 4.99 Å². The van der Waals surface area contributed by atoms with E-state index in [-0.39, 0.29) is 23.4 Å². The van der Waals surface area contributed by atoms with Crippen molar-refractivity contribution in [2.45, 2.75) is 18.9 Å². The van der Waals surface area contributed by atoms with Crippen molar-refractivity contribution < 1.29 is 9.50 Å².